The molecule has 0 aromatic heterocycles. The fourth-order valence-electron chi connectivity index (χ4n) is 4.51. The van der Waals surface area contributed by atoms with Gasteiger partial charge in [-0.05, 0) is 50.2 Å². The molecule has 2 saturated heterocycles. The Hall–Kier alpha value is 0.230. The van der Waals surface area contributed by atoms with Crippen LogP contribution in [0.1, 0.15) is 64.2 Å². The van der Waals surface area contributed by atoms with Gasteiger partial charge in [-0.3, -0.25) is 11.3 Å². The third kappa shape index (κ3) is 3.34. The number of rotatable bonds is 3. The van der Waals surface area contributed by atoms with Crippen molar-refractivity contribution in [2.75, 3.05) is 12.4 Å². The van der Waals surface area contributed by atoms with Gasteiger partial charge in [-0.25, -0.2) is 0 Å². The molecule has 4 heteroatoms. The largest absolute Gasteiger partial charge is 0.375 e. The number of hydrogen-bond acceptors (Lipinski definition) is 4. The lowest BCUT2D eigenvalue weighted by Gasteiger charge is -2.47. The molecule has 0 aromatic rings. The van der Waals surface area contributed by atoms with Crippen molar-refractivity contribution >= 4 is 11.8 Å². The van der Waals surface area contributed by atoms with Crippen molar-refractivity contribution < 1.29 is 4.74 Å². The van der Waals surface area contributed by atoms with E-state index in [4.69, 9.17) is 10.6 Å². The number of thioether (sulfide) groups is 1. The van der Waals surface area contributed by atoms with E-state index in [1.807, 2.05) is 0 Å². The minimum Gasteiger partial charge on any atom is -0.375 e. The number of nitrogens with one attached hydrogen (secondary N) is 1. The van der Waals surface area contributed by atoms with E-state index in [2.05, 4.69) is 17.2 Å². The Morgan fingerprint density at radius 2 is 1.95 bits per heavy atom. The summed E-state index contributed by atoms with van der Waals surface area (Å²) in [5.74, 6) is 7.98. The highest BCUT2D eigenvalue weighted by atomic mass is 32.2. The molecule has 0 radical (unpaired) electrons. The van der Waals surface area contributed by atoms with Crippen LogP contribution in [0.4, 0.5) is 0 Å². The Morgan fingerprint density at radius 1 is 1.10 bits per heavy atom. The second kappa shape index (κ2) is 6.99. The first-order valence-electron chi connectivity index (χ1n) is 8.55. The topological polar surface area (TPSA) is 47.3 Å². The molecule has 1 saturated carbocycles. The van der Waals surface area contributed by atoms with Gasteiger partial charge in [-0.1, -0.05) is 25.7 Å². The molecule has 3 N–H and O–H groups in total. The van der Waals surface area contributed by atoms with Gasteiger partial charge in [0.15, 0.2) is 0 Å². The lowest BCUT2D eigenvalue weighted by atomic mass is 9.73. The summed E-state index contributed by atoms with van der Waals surface area (Å²) in [7, 11) is 0. The first-order valence-corrected chi connectivity index (χ1v) is 9.60. The number of hydrazine groups is 1. The molecule has 2 aliphatic heterocycles. The average molecular weight is 298 g/mol. The minimum atomic E-state index is 0.204. The Kier molecular flexibility index (Phi) is 5.29. The Morgan fingerprint density at radius 3 is 2.65 bits per heavy atom. The van der Waals surface area contributed by atoms with Gasteiger partial charge >= 0.3 is 0 Å². The molecule has 20 heavy (non-hydrogen) atoms. The molecule has 3 rings (SSSR count). The van der Waals surface area contributed by atoms with Crippen molar-refractivity contribution in [3.63, 3.8) is 0 Å². The van der Waals surface area contributed by atoms with E-state index in [9.17, 15) is 0 Å². The molecule has 3 unspecified atom stereocenters. The fraction of sp³-hybridized carbons (Fsp3) is 1.00. The monoisotopic (exact) mass is 298 g/mol. The predicted octanol–water partition coefficient (Wildman–Crippen LogP) is 3.23. The lowest BCUT2D eigenvalue weighted by molar-refractivity contribution is -0.121. The normalized spacial score (nSPS) is 35.9. The average Bonchev–Trinajstić information content (AvgIpc) is 2.50. The van der Waals surface area contributed by atoms with Crippen LogP contribution >= 0.6 is 11.8 Å². The Labute approximate surface area is 127 Å². The zero-order valence-corrected chi connectivity index (χ0v) is 13.4. The van der Waals surface area contributed by atoms with Gasteiger partial charge in [-0.2, -0.15) is 11.8 Å². The molecular formula is C16H30N2OS. The molecular weight excluding hydrogens is 268 g/mol. The molecule has 3 aliphatic rings. The first-order chi connectivity index (χ1) is 9.83. The summed E-state index contributed by atoms with van der Waals surface area (Å²) in [5.41, 5.74) is 3.39. The van der Waals surface area contributed by atoms with Gasteiger partial charge in [0.05, 0.1) is 5.60 Å². The Bertz CT molecular complexity index is 295. The Balaban J connectivity index is 1.64. The second-order valence-electron chi connectivity index (χ2n) is 6.94. The van der Waals surface area contributed by atoms with E-state index >= 15 is 0 Å². The van der Waals surface area contributed by atoms with Crippen LogP contribution in [0.2, 0.25) is 0 Å². The molecule has 1 spiro atoms. The molecule has 3 nitrogen and oxygen atoms in total. The van der Waals surface area contributed by atoms with Crippen molar-refractivity contribution in [3.05, 3.63) is 0 Å². The zero-order valence-electron chi connectivity index (χ0n) is 12.6. The van der Waals surface area contributed by atoms with Crippen LogP contribution in [0.5, 0.6) is 0 Å². The van der Waals surface area contributed by atoms with Crippen LogP contribution < -0.4 is 11.3 Å². The van der Waals surface area contributed by atoms with Crippen LogP contribution in [0.25, 0.3) is 0 Å². The molecule has 0 amide bonds. The summed E-state index contributed by atoms with van der Waals surface area (Å²) in [6, 6.07) is 0.489. The van der Waals surface area contributed by atoms with Crippen molar-refractivity contribution in [3.8, 4) is 0 Å². The van der Waals surface area contributed by atoms with Crippen molar-refractivity contribution in [2.45, 2.75) is 81.1 Å². The predicted molar refractivity (Wildman–Crippen MR) is 85.7 cm³/mol. The van der Waals surface area contributed by atoms with E-state index < -0.39 is 0 Å². The molecule has 3 fully saturated rings. The minimum absolute atomic E-state index is 0.204. The SMILES string of the molecule is NNC(C1CCOC2(CCCCC2)C1)C1CCCCS1. The fourth-order valence-corrected chi connectivity index (χ4v) is 6.03. The molecule has 116 valence electrons. The molecule has 1 aliphatic carbocycles. The van der Waals surface area contributed by atoms with Crippen LogP contribution in [0.15, 0.2) is 0 Å². The summed E-state index contributed by atoms with van der Waals surface area (Å²) in [5, 5.41) is 0.720. The summed E-state index contributed by atoms with van der Waals surface area (Å²) in [6.07, 6.45) is 13.2. The third-order valence-corrected chi connectivity index (χ3v) is 7.09. The standard InChI is InChI=1S/C16H30N2OS/c17-18-15(14-6-2-5-11-20-14)13-7-10-19-16(12-13)8-3-1-4-9-16/h13-15,18H,1-12,17H2. The van der Waals surface area contributed by atoms with Crippen molar-refractivity contribution in [1.29, 1.82) is 0 Å². The van der Waals surface area contributed by atoms with Crippen molar-refractivity contribution in [2.24, 2.45) is 11.8 Å². The van der Waals surface area contributed by atoms with Crippen LogP contribution in [-0.2, 0) is 4.74 Å². The van der Waals surface area contributed by atoms with E-state index in [0.717, 1.165) is 11.9 Å². The molecule has 3 atom stereocenters. The molecule has 2 heterocycles. The number of ether oxygens (including phenoxy) is 1. The van der Waals surface area contributed by atoms with Crippen LogP contribution in [-0.4, -0.2) is 29.3 Å². The van der Waals surface area contributed by atoms with Crippen LogP contribution in [0, 0.1) is 5.92 Å². The molecule has 0 bridgehead atoms. The lowest BCUT2D eigenvalue weighted by Crippen LogP contribution is -2.53. The summed E-state index contributed by atoms with van der Waals surface area (Å²) in [4.78, 5) is 0. The summed E-state index contributed by atoms with van der Waals surface area (Å²) >= 11 is 2.14. The van der Waals surface area contributed by atoms with Gasteiger partial charge in [0.2, 0.25) is 0 Å². The smallest absolute Gasteiger partial charge is 0.0685 e. The second-order valence-corrected chi connectivity index (χ2v) is 8.29. The van der Waals surface area contributed by atoms with E-state index in [0.29, 0.717) is 12.0 Å². The summed E-state index contributed by atoms with van der Waals surface area (Å²) < 4.78 is 6.24. The molecule has 0 aromatic carbocycles. The maximum atomic E-state index is 6.24. The number of nitrogens with two attached hydrogens (primary N) is 1. The van der Waals surface area contributed by atoms with Gasteiger partial charge in [0.1, 0.15) is 0 Å². The van der Waals surface area contributed by atoms with Crippen LogP contribution in [0.3, 0.4) is 0 Å². The summed E-state index contributed by atoms with van der Waals surface area (Å²) in [6.45, 7) is 0.945. The third-order valence-electron chi connectivity index (χ3n) is 5.61. The maximum absolute atomic E-state index is 6.24. The number of hydrogen-bond donors (Lipinski definition) is 2. The quantitative estimate of drug-likeness (QED) is 0.620. The first kappa shape index (κ1) is 15.1. The van der Waals surface area contributed by atoms with Gasteiger partial charge in [0.25, 0.3) is 0 Å². The van der Waals surface area contributed by atoms with Gasteiger partial charge < -0.3 is 4.74 Å². The highest BCUT2D eigenvalue weighted by Gasteiger charge is 2.42. The zero-order chi connectivity index (χ0) is 13.8. The van der Waals surface area contributed by atoms with E-state index in [-0.39, 0.29) is 5.60 Å². The highest BCUT2D eigenvalue weighted by Crippen LogP contribution is 2.43. The van der Waals surface area contributed by atoms with Gasteiger partial charge in [-0.15, -0.1) is 0 Å². The van der Waals surface area contributed by atoms with E-state index in [1.54, 1.807) is 0 Å². The van der Waals surface area contributed by atoms with Crippen molar-refractivity contribution in [1.82, 2.24) is 5.43 Å². The van der Waals surface area contributed by atoms with E-state index in [1.165, 1.54) is 70.0 Å². The van der Waals surface area contributed by atoms with Gasteiger partial charge in [0, 0.05) is 17.9 Å². The highest BCUT2D eigenvalue weighted by molar-refractivity contribution is 8.00. The maximum Gasteiger partial charge on any atom is 0.0685 e.